The lowest BCUT2D eigenvalue weighted by Crippen LogP contribution is -2.13. The van der Waals surface area contributed by atoms with Crippen molar-refractivity contribution in [2.24, 2.45) is 5.73 Å². The van der Waals surface area contributed by atoms with Crippen LogP contribution in [0.25, 0.3) is 0 Å². The van der Waals surface area contributed by atoms with Crippen molar-refractivity contribution in [2.45, 2.75) is 13.0 Å². The van der Waals surface area contributed by atoms with Crippen LogP contribution in [0.1, 0.15) is 22.2 Å². The molecular weight excluding hydrogens is 247 g/mol. The third-order valence-corrected chi connectivity index (χ3v) is 3.61. The predicted molar refractivity (Wildman–Crippen MR) is 64.3 cm³/mol. The summed E-state index contributed by atoms with van der Waals surface area (Å²) in [5, 5.41) is 0.370. The first-order valence-electron chi connectivity index (χ1n) is 4.70. The molecule has 0 amide bonds. The fourth-order valence-electron chi connectivity index (χ4n) is 1.50. The lowest BCUT2D eigenvalue weighted by atomic mass is 10.0. The van der Waals surface area contributed by atoms with Crippen LogP contribution < -0.4 is 5.73 Å². The second kappa shape index (κ2) is 4.49. The van der Waals surface area contributed by atoms with E-state index in [0.717, 1.165) is 10.6 Å². The summed E-state index contributed by atoms with van der Waals surface area (Å²) >= 11 is 7.12. The average Bonchev–Trinajstić information content (AvgIpc) is 2.63. The van der Waals surface area contributed by atoms with Gasteiger partial charge in [-0.3, -0.25) is 0 Å². The van der Waals surface area contributed by atoms with Gasteiger partial charge >= 0.3 is 0 Å². The fraction of sp³-hybridized carbons (Fsp3) is 0.182. The molecule has 2 N–H and O–H groups in total. The second-order valence-electron chi connectivity index (χ2n) is 3.45. The molecule has 5 heteroatoms. The fourth-order valence-corrected chi connectivity index (χ4v) is 2.48. The van der Waals surface area contributed by atoms with Gasteiger partial charge in [0.2, 0.25) is 0 Å². The van der Waals surface area contributed by atoms with Gasteiger partial charge in [-0.1, -0.05) is 17.7 Å². The molecule has 16 heavy (non-hydrogen) atoms. The number of nitrogens with two attached hydrogens (primary N) is 1. The molecule has 1 aromatic heterocycles. The summed E-state index contributed by atoms with van der Waals surface area (Å²) in [6.07, 6.45) is 0. The molecule has 0 spiro atoms. The monoisotopic (exact) mass is 256 g/mol. The molecule has 1 unspecified atom stereocenters. The highest BCUT2D eigenvalue weighted by Gasteiger charge is 2.17. The Hall–Kier alpha value is -0.970. The second-order valence-corrected chi connectivity index (χ2v) is 4.77. The van der Waals surface area contributed by atoms with Crippen LogP contribution in [0, 0.1) is 12.7 Å². The van der Waals surface area contributed by atoms with E-state index in [9.17, 15) is 4.39 Å². The van der Waals surface area contributed by atoms with E-state index in [-0.39, 0.29) is 5.82 Å². The van der Waals surface area contributed by atoms with Gasteiger partial charge in [0, 0.05) is 15.5 Å². The molecule has 2 nitrogen and oxygen atoms in total. The molecule has 0 aliphatic heterocycles. The van der Waals surface area contributed by atoms with Crippen LogP contribution in [0.3, 0.4) is 0 Å². The molecule has 1 heterocycles. The van der Waals surface area contributed by atoms with Crippen LogP contribution in [0.5, 0.6) is 0 Å². The minimum Gasteiger partial charge on any atom is -0.319 e. The first-order valence-corrected chi connectivity index (χ1v) is 5.96. The Morgan fingerprint density at radius 2 is 2.25 bits per heavy atom. The van der Waals surface area contributed by atoms with E-state index in [1.54, 1.807) is 17.6 Å². The smallest absolute Gasteiger partial charge is 0.129 e. The first-order chi connectivity index (χ1) is 7.59. The van der Waals surface area contributed by atoms with Crippen molar-refractivity contribution in [1.82, 2.24) is 4.98 Å². The van der Waals surface area contributed by atoms with Gasteiger partial charge in [-0.15, -0.1) is 11.3 Å². The predicted octanol–water partition coefficient (Wildman–Crippen LogP) is 3.29. The standard InChI is InChI=1S/C11H10ClFN2S/c1-6-11(16-5-15-6)10(14)8-3-2-7(12)4-9(8)13/h2-5,10H,14H2,1H3. The summed E-state index contributed by atoms with van der Waals surface area (Å²) in [5.41, 5.74) is 8.99. The Morgan fingerprint density at radius 3 is 2.81 bits per heavy atom. The van der Waals surface area contributed by atoms with Crippen molar-refractivity contribution >= 4 is 22.9 Å². The minimum absolute atomic E-state index is 0.370. The van der Waals surface area contributed by atoms with E-state index in [2.05, 4.69) is 4.98 Å². The molecule has 0 aliphatic carbocycles. The zero-order chi connectivity index (χ0) is 11.7. The molecule has 0 fully saturated rings. The summed E-state index contributed by atoms with van der Waals surface area (Å²) in [5.74, 6) is -0.382. The van der Waals surface area contributed by atoms with Crippen LogP contribution in [-0.4, -0.2) is 4.98 Å². The Morgan fingerprint density at radius 1 is 1.50 bits per heavy atom. The van der Waals surface area contributed by atoms with Crippen molar-refractivity contribution in [3.63, 3.8) is 0 Å². The molecule has 2 rings (SSSR count). The number of benzene rings is 1. The van der Waals surface area contributed by atoms with Crippen LogP contribution in [0.15, 0.2) is 23.7 Å². The molecule has 0 saturated heterocycles. The van der Waals surface area contributed by atoms with E-state index in [4.69, 9.17) is 17.3 Å². The number of halogens is 2. The van der Waals surface area contributed by atoms with Gasteiger partial charge in [0.25, 0.3) is 0 Å². The molecule has 0 radical (unpaired) electrons. The van der Waals surface area contributed by atoms with E-state index in [0.29, 0.717) is 10.6 Å². The van der Waals surface area contributed by atoms with Crippen molar-refractivity contribution in [3.8, 4) is 0 Å². The Kier molecular flexibility index (Phi) is 3.23. The van der Waals surface area contributed by atoms with Crippen LogP contribution in [0.2, 0.25) is 5.02 Å². The number of nitrogens with zero attached hydrogens (tertiary/aromatic N) is 1. The summed E-state index contributed by atoms with van der Waals surface area (Å²) < 4.78 is 13.6. The quantitative estimate of drug-likeness (QED) is 0.896. The minimum atomic E-state index is -0.482. The van der Waals surface area contributed by atoms with Gasteiger partial charge in [0.1, 0.15) is 5.82 Å². The van der Waals surface area contributed by atoms with Gasteiger partial charge < -0.3 is 5.73 Å². The van der Waals surface area contributed by atoms with Gasteiger partial charge in [0.15, 0.2) is 0 Å². The zero-order valence-electron chi connectivity index (χ0n) is 8.58. The summed E-state index contributed by atoms with van der Waals surface area (Å²) in [4.78, 5) is 4.98. The zero-order valence-corrected chi connectivity index (χ0v) is 10.1. The van der Waals surface area contributed by atoms with E-state index < -0.39 is 6.04 Å². The van der Waals surface area contributed by atoms with Crippen LogP contribution in [-0.2, 0) is 0 Å². The molecule has 2 aromatic rings. The summed E-state index contributed by atoms with van der Waals surface area (Å²) in [7, 11) is 0. The maximum Gasteiger partial charge on any atom is 0.129 e. The first kappa shape index (κ1) is 11.5. The van der Waals surface area contributed by atoms with Crippen molar-refractivity contribution in [2.75, 3.05) is 0 Å². The van der Waals surface area contributed by atoms with Crippen molar-refractivity contribution in [1.29, 1.82) is 0 Å². The van der Waals surface area contributed by atoms with Gasteiger partial charge in [-0.05, 0) is 19.1 Å². The van der Waals surface area contributed by atoms with Crippen molar-refractivity contribution < 1.29 is 4.39 Å². The number of rotatable bonds is 2. The van der Waals surface area contributed by atoms with Crippen LogP contribution in [0.4, 0.5) is 4.39 Å². The maximum absolute atomic E-state index is 13.6. The maximum atomic E-state index is 13.6. The number of hydrogen-bond acceptors (Lipinski definition) is 3. The number of aromatic nitrogens is 1. The topological polar surface area (TPSA) is 38.9 Å². The highest BCUT2D eigenvalue weighted by atomic mass is 35.5. The summed E-state index contributed by atoms with van der Waals surface area (Å²) in [6, 6.07) is 4.04. The van der Waals surface area contributed by atoms with Gasteiger partial charge in [0.05, 0.1) is 17.2 Å². The van der Waals surface area contributed by atoms with Crippen LogP contribution >= 0.6 is 22.9 Å². The lowest BCUT2D eigenvalue weighted by Gasteiger charge is -2.12. The lowest BCUT2D eigenvalue weighted by molar-refractivity contribution is 0.600. The number of hydrogen-bond donors (Lipinski definition) is 1. The third-order valence-electron chi connectivity index (χ3n) is 2.36. The highest BCUT2D eigenvalue weighted by Crippen LogP contribution is 2.28. The Bertz CT molecular complexity index is 512. The third kappa shape index (κ3) is 2.09. The average molecular weight is 257 g/mol. The SMILES string of the molecule is Cc1ncsc1C(N)c1ccc(Cl)cc1F. The molecule has 1 atom stereocenters. The van der Waals surface area contributed by atoms with E-state index in [1.165, 1.54) is 17.4 Å². The molecular formula is C11H10ClFN2S. The molecule has 0 saturated carbocycles. The number of thiazole rings is 1. The molecule has 0 bridgehead atoms. The highest BCUT2D eigenvalue weighted by molar-refractivity contribution is 7.09. The van der Waals surface area contributed by atoms with Gasteiger partial charge in [-0.25, -0.2) is 9.37 Å². The molecule has 84 valence electrons. The summed E-state index contributed by atoms with van der Waals surface area (Å²) in [6.45, 7) is 1.86. The Balaban J connectivity index is 2.41. The Labute approximate surface area is 102 Å². The van der Waals surface area contributed by atoms with Gasteiger partial charge in [-0.2, -0.15) is 0 Å². The van der Waals surface area contributed by atoms with E-state index in [1.807, 2.05) is 6.92 Å². The number of aryl methyl sites for hydroxylation is 1. The molecule has 1 aromatic carbocycles. The normalized spacial score (nSPS) is 12.8. The molecule has 0 aliphatic rings. The van der Waals surface area contributed by atoms with Crippen molar-refractivity contribution in [3.05, 3.63) is 50.7 Å². The largest absolute Gasteiger partial charge is 0.319 e. The van der Waals surface area contributed by atoms with E-state index >= 15 is 0 Å².